The Hall–Kier alpha value is -3.52. The first-order valence-corrected chi connectivity index (χ1v) is 10.9. The SMILES string of the molecule is CCn1nc(C)c(CNC(=O)C(=O)Nc2ccc(-c3nc4ccccc4s3)cc2)c1C. The normalized spacial score (nSPS) is 10.9. The highest BCUT2D eigenvalue weighted by Gasteiger charge is 2.17. The molecule has 8 heteroatoms. The van der Waals surface area contributed by atoms with Crippen molar-refractivity contribution in [3.63, 3.8) is 0 Å². The maximum atomic E-state index is 12.3. The van der Waals surface area contributed by atoms with Crippen LogP contribution in [0.4, 0.5) is 5.69 Å². The van der Waals surface area contributed by atoms with Crippen molar-refractivity contribution in [3.05, 3.63) is 65.5 Å². The number of aromatic nitrogens is 3. The Morgan fingerprint density at radius 1 is 1.03 bits per heavy atom. The second kappa shape index (κ2) is 8.69. The van der Waals surface area contributed by atoms with Crippen LogP contribution in [0.15, 0.2) is 48.5 Å². The average Bonchev–Trinajstić information content (AvgIpc) is 3.33. The number of aryl methyl sites for hydroxylation is 2. The first-order chi connectivity index (χ1) is 15.0. The van der Waals surface area contributed by atoms with Crippen molar-refractivity contribution in [2.45, 2.75) is 33.9 Å². The van der Waals surface area contributed by atoms with Crippen LogP contribution in [0.2, 0.25) is 0 Å². The third kappa shape index (κ3) is 4.34. The van der Waals surface area contributed by atoms with Crippen LogP contribution < -0.4 is 10.6 Å². The number of benzene rings is 2. The molecule has 2 aromatic heterocycles. The number of carbonyl (C=O) groups is 2. The second-order valence-electron chi connectivity index (χ2n) is 7.17. The van der Waals surface area contributed by atoms with Crippen molar-refractivity contribution in [2.75, 3.05) is 5.32 Å². The van der Waals surface area contributed by atoms with Crippen LogP contribution in [0.1, 0.15) is 23.9 Å². The summed E-state index contributed by atoms with van der Waals surface area (Å²) in [5.41, 5.74) is 5.25. The summed E-state index contributed by atoms with van der Waals surface area (Å²) in [4.78, 5) is 29.2. The van der Waals surface area contributed by atoms with Gasteiger partial charge in [-0.15, -0.1) is 11.3 Å². The lowest BCUT2D eigenvalue weighted by atomic mass is 10.2. The first kappa shape index (κ1) is 20.7. The Balaban J connectivity index is 1.38. The van der Waals surface area contributed by atoms with Crippen molar-refractivity contribution in [2.24, 2.45) is 0 Å². The summed E-state index contributed by atoms with van der Waals surface area (Å²) in [5, 5.41) is 10.7. The van der Waals surface area contributed by atoms with Gasteiger partial charge in [0, 0.05) is 35.6 Å². The molecule has 2 aromatic carbocycles. The van der Waals surface area contributed by atoms with Crippen LogP contribution in [0.5, 0.6) is 0 Å². The molecule has 2 N–H and O–H groups in total. The Kier molecular flexibility index (Phi) is 5.81. The summed E-state index contributed by atoms with van der Waals surface area (Å²) in [5.74, 6) is -1.38. The molecule has 0 aliphatic heterocycles. The largest absolute Gasteiger partial charge is 0.344 e. The van der Waals surface area contributed by atoms with Crippen LogP contribution in [0.3, 0.4) is 0 Å². The van der Waals surface area contributed by atoms with Crippen molar-refractivity contribution >= 4 is 39.1 Å². The minimum absolute atomic E-state index is 0.264. The van der Waals surface area contributed by atoms with Gasteiger partial charge < -0.3 is 10.6 Å². The van der Waals surface area contributed by atoms with Gasteiger partial charge in [0.1, 0.15) is 5.01 Å². The van der Waals surface area contributed by atoms with Crippen LogP contribution in [-0.4, -0.2) is 26.6 Å². The van der Waals surface area contributed by atoms with E-state index in [2.05, 4.69) is 20.7 Å². The van der Waals surface area contributed by atoms with E-state index in [1.807, 2.05) is 61.9 Å². The van der Waals surface area contributed by atoms with E-state index in [0.29, 0.717) is 5.69 Å². The van der Waals surface area contributed by atoms with Gasteiger partial charge in [0.15, 0.2) is 0 Å². The van der Waals surface area contributed by atoms with Gasteiger partial charge in [-0.2, -0.15) is 5.10 Å². The molecule has 0 bridgehead atoms. The summed E-state index contributed by atoms with van der Waals surface area (Å²) in [6.07, 6.45) is 0. The number of carbonyl (C=O) groups excluding carboxylic acids is 2. The number of fused-ring (bicyclic) bond motifs is 1. The monoisotopic (exact) mass is 433 g/mol. The fourth-order valence-electron chi connectivity index (χ4n) is 3.43. The van der Waals surface area contributed by atoms with E-state index in [-0.39, 0.29) is 6.54 Å². The van der Waals surface area contributed by atoms with Gasteiger partial charge in [-0.3, -0.25) is 14.3 Å². The minimum atomic E-state index is -0.703. The van der Waals surface area contributed by atoms with Crippen LogP contribution in [0, 0.1) is 13.8 Å². The molecule has 7 nitrogen and oxygen atoms in total. The predicted molar refractivity (Wildman–Crippen MR) is 123 cm³/mol. The van der Waals surface area contributed by atoms with E-state index in [1.165, 1.54) is 0 Å². The summed E-state index contributed by atoms with van der Waals surface area (Å²) >= 11 is 1.62. The van der Waals surface area contributed by atoms with Crippen molar-refractivity contribution in [1.29, 1.82) is 0 Å². The number of rotatable bonds is 5. The van der Waals surface area contributed by atoms with Gasteiger partial charge in [0.25, 0.3) is 0 Å². The zero-order valence-electron chi connectivity index (χ0n) is 17.6. The smallest absolute Gasteiger partial charge is 0.313 e. The third-order valence-corrected chi connectivity index (χ3v) is 6.23. The lowest BCUT2D eigenvalue weighted by Crippen LogP contribution is -2.35. The molecule has 0 saturated heterocycles. The summed E-state index contributed by atoms with van der Waals surface area (Å²) in [7, 11) is 0. The molecule has 2 heterocycles. The van der Waals surface area contributed by atoms with Crippen molar-refractivity contribution in [3.8, 4) is 10.6 Å². The Morgan fingerprint density at radius 3 is 2.45 bits per heavy atom. The topological polar surface area (TPSA) is 88.9 Å². The van der Waals surface area contributed by atoms with Gasteiger partial charge in [-0.1, -0.05) is 12.1 Å². The van der Waals surface area contributed by atoms with Gasteiger partial charge >= 0.3 is 11.8 Å². The minimum Gasteiger partial charge on any atom is -0.344 e. The van der Waals surface area contributed by atoms with Gasteiger partial charge in [0.05, 0.1) is 15.9 Å². The maximum Gasteiger partial charge on any atom is 0.313 e. The quantitative estimate of drug-likeness (QED) is 0.465. The zero-order chi connectivity index (χ0) is 22.0. The molecule has 0 spiro atoms. The predicted octanol–water partition coefficient (Wildman–Crippen LogP) is 4.05. The fourth-order valence-corrected chi connectivity index (χ4v) is 4.40. The highest BCUT2D eigenvalue weighted by atomic mass is 32.1. The number of anilines is 1. The summed E-state index contributed by atoms with van der Waals surface area (Å²) in [6, 6.07) is 15.3. The Bertz CT molecular complexity index is 1220. The highest BCUT2D eigenvalue weighted by Crippen LogP contribution is 2.30. The Morgan fingerprint density at radius 2 is 1.77 bits per heavy atom. The molecule has 0 saturated carbocycles. The first-order valence-electron chi connectivity index (χ1n) is 10.0. The van der Waals surface area contributed by atoms with E-state index in [1.54, 1.807) is 23.5 Å². The maximum absolute atomic E-state index is 12.3. The molecule has 0 radical (unpaired) electrons. The molecule has 0 fully saturated rings. The van der Waals surface area contributed by atoms with E-state index in [0.717, 1.165) is 44.3 Å². The van der Waals surface area contributed by atoms with Crippen LogP contribution in [-0.2, 0) is 22.7 Å². The number of hydrogen-bond donors (Lipinski definition) is 2. The zero-order valence-corrected chi connectivity index (χ0v) is 18.4. The molecule has 0 aliphatic rings. The summed E-state index contributed by atoms with van der Waals surface area (Å²) < 4.78 is 3.01. The average molecular weight is 434 g/mol. The van der Waals surface area contributed by atoms with E-state index >= 15 is 0 Å². The number of thiazole rings is 1. The Labute approximate surface area is 184 Å². The molecular formula is C23H23N5O2S. The van der Waals surface area contributed by atoms with Gasteiger partial charge in [-0.05, 0) is 57.2 Å². The number of hydrogen-bond acceptors (Lipinski definition) is 5. The molecule has 158 valence electrons. The van der Waals surface area contributed by atoms with Crippen LogP contribution >= 0.6 is 11.3 Å². The molecule has 4 aromatic rings. The van der Waals surface area contributed by atoms with E-state index in [4.69, 9.17) is 0 Å². The highest BCUT2D eigenvalue weighted by molar-refractivity contribution is 7.21. The summed E-state index contributed by atoms with van der Waals surface area (Å²) in [6.45, 7) is 6.89. The lowest BCUT2D eigenvalue weighted by Gasteiger charge is -2.08. The van der Waals surface area contributed by atoms with E-state index < -0.39 is 11.8 Å². The van der Waals surface area contributed by atoms with Crippen LogP contribution in [0.25, 0.3) is 20.8 Å². The lowest BCUT2D eigenvalue weighted by molar-refractivity contribution is -0.136. The van der Waals surface area contributed by atoms with Gasteiger partial charge in [0.2, 0.25) is 0 Å². The molecule has 2 amide bonds. The van der Waals surface area contributed by atoms with Gasteiger partial charge in [-0.25, -0.2) is 4.98 Å². The number of para-hydroxylation sites is 1. The standard InChI is InChI=1S/C23H23N5O2S/c1-4-28-15(3)18(14(2)27-28)13-24-21(29)22(30)25-17-11-9-16(10-12-17)23-26-19-7-5-6-8-20(19)31-23/h5-12H,4,13H2,1-3H3,(H,24,29)(H,25,30). The molecule has 0 unspecified atom stereocenters. The van der Waals surface area contributed by atoms with Crippen molar-refractivity contribution < 1.29 is 9.59 Å². The number of nitrogens with one attached hydrogen (secondary N) is 2. The molecule has 4 rings (SSSR count). The van der Waals surface area contributed by atoms with E-state index in [9.17, 15) is 9.59 Å². The fraction of sp³-hybridized carbons (Fsp3) is 0.217. The van der Waals surface area contributed by atoms with Crippen molar-refractivity contribution in [1.82, 2.24) is 20.1 Å². The number of amides is 2. The molecular weight excluding hydrogens is 410 g/mol. The number of nitrogens with zero attached hydrogens (tertiary/aromatic N) is 3. The second-order valence-corrected chi connectivity index (χ2v) is 8.20. The molecule has 0 aliphatic carbocycles. The molecule has 31 heavy (non-hydrogen) atoms. The molecule has 0 atom stereocenters. The third-order valence-electron chi connectivity index (χ3n) is 5.15.